The maximum atomic E-state index is 0. The minimum atomic E-state index is 0. The van der Waals surface area contributed by atoms with Crippen LogP contribution in [0.4, 0.5) is 0 Å². The molecular weight excluding hydrogens is 177 g/mol. The predicted molar refractivity (Wildman–Crippen MR) is 15.8 cm³/mol. The Bertz CT molecular complexity index is 9.61. The fourth-order valence-corrected chi connectivity index (χ4v) is 0. The molecule has 0 aliphatic rings. The second-order valence-electron chi connectivity index (χ2n) is 0. The van der Waals surface area contributed by atoms with E-state index < -0.39 is 0 Å². The monoisotopic (exact) mass is 182 g/mol. The van der Waals surface area contributed by atoms with Gasteiger partial charge in [-0.15, -0.1) is 0 Å². The molecule has 0 rings (SSSR count). The van der Waals surface area contributed by atoms with E-state index in [1.165, 1.54) is 0 Å². The molecule has 0 atom stereocenters. The molecule has 0 amide bonds. The molecule has 0 aromatic rings. The van der Waals surface area contributed by atoms with Crippen molar-refractivity contribution in [2.75, 3.05) is 0 Å². The zero-order chi connectivity index (χ0) is 0. The molecule has 2 nitrogen and oxygen atoms in total. The van der Waals surface area contributed by atoms with Crippen molar-refractivity contribution in [2.45, 2.75) is 0 Å². The van der Waals surface area contributed by atoms with E-state index in [-0.39, 0.29) is 61.6 Å². The average Bonchev–Trinajstić information content (AvgIpc) is 0. The Balaban J connectivity index is 0. The van der Waals surface area contributed by atoms with Crippen LogP contribution in [0, 0.1) is 0 Å². The molecule has 0 saturated carbocycles. The van der Waals surface area contributed by atoms with Crippen LogP contribution in [0.1, 0.15) is 0 Å². The molecule has 0 aliphatic heterocycles. The van der Waals surface area contributed by atoms with Gasteiger partial charge in [-0.3, -0.25) is 0 Å². The van der Waals surface area contributed by atoms with Crippen molar-refractivity contribution in [1.29, 1.82) is 0 Å². The molecule has 0 aliphatic carbocycles. The van der Waals surface area contributed by atoms with E-state index in [2.05, 4.69) is 0 Å². The minimum absolute atomic E-state index is 0. The molecule has 0 heterocycles. The summed E-state index contributed by atoms with van der Waals surface area (Å²) in [5.74, 6) is 0. The largest absolute Gasteiger partial charge is 0.412 e. The number of hydrogen-bond acceptors (Lipinski definition) is 0. The van der Waals surface area contributed by atoms with E-state index >= 15 is 0 Å². The predicted octanol–water partition coefficient (Wildman–Crippen LogP) is -2.57. The van der Waals surface area contributed by atoms with Crippen LogP contribution < -0.4 is 0 Å². The average molecular weight is 183 g/mol. The summed E-state index contributed by atoms with van der Waals surface area (Å²) in [7, 11) is 0. The van der Waals surface area contributed by atoms with Crippen LogP contribution in [0.5, 0.6) is 0 Å². The third kappa shape index (κ3) is 30.8. The van der Waals surface area contributed by atoms with Gasteiger partial charge in [-0.05, 0) is 0 Å². The molecule has 4 N–H and O–H groups in total. The van der Waals surface area contributed by atoms with Gasteiger partial charge in [-0.1, -0.05) is 0 Å². The van der Waals surface area contributed by atoms with Gasteiger partial charge in [-0.2, -0.15) is 0 Å². The van der Waals surface area contributed by atoms with Crippen molar-refractivity contribution < 1.29 is 44.2 Å². The van der Waals surface area contributed by atoms with Crippen LogP contribution >= 0.6 is 0 Å². The summed E-state index contributed by atoms with van der Waals surface area (Å²) in [6, 6.07) is 0. The smallest absolute Gasteiger partial charge is 0.146 e. The fourth-order valence-electron chi connectivity index (χ4n) is 0. The van der Waals surface area contributed by atoms with Gasteiger partial charge >= 0.3 is 0 Å². The maximum Gasteiger partial charge on any atom is 0.146 e. The van der Waals surface area contributed by atoms with Crippen molar-refractivity contribution in [3.63, 3.8) is 0 Å². The zero-order valence-electron chi connectivity index (χ0n) is 2.65. The molecule has 40 valence electrons. The van der Waals surface area contributed by atoms with Gasteiger partial charge in [0.2, 0.25) is 0 Å². The third-order valence-corrected chi connectivity index (χ3v) is 0. The topological polar surface area (TPSA) is 63.0 Å². The second-order valence-corrected chi connectivity index (χ2v) is 0. The molecule has 0 fully saturated rings. The number of hydrogen-bond donors (Lipinski definition) is 0. The van der Waals surface area contributed by atoms with Gasteiger partial charge in [0, 0.05) is 33.3 Å². The summed E-state index contributed by atoms with van der Waals surface area (Å²) in [6.07, 6.45) is 0. The maximum absolute atomic E-state index is 0. The molecule has 5 heteroatoms. The van der Waals surface area contributed by atoms with Crippen LogP contribution in [0.3, 0.4) is 0 Å². The summed E-state index contributed by atoms with van der Waals surface area (Å²) in [6.45, 7) is 0. The van der Waals surface area contributed by atoms with Gasteiger partial charge in [0.05, 0.1) is 0 Å². The van der Waals surface area contributed by atoms with Crippen molar-refractivity contribution in [3.8, 4) is 0 Å². The van der Waals surface area contributed by atoms with Crippen LogP contribution in [0.25, 0.3) is 0 Å². The first-order chi connectivity index (χ1) is 0. The molecule has 2 radical (unpaired) electrons. The van der Waals surface area contributed by atoms with E-state index in [1.54, 1.807) is 0 Å². The molecule has 0 unspecified atom stereocenters. The van der Waals surface area contributed by atoms with E-state index in [0.29, 0.717) is 0 Å². The SMILES string of the molecule is O.O.[AlH2].[Co].[Ni]. The van der Waals surface area contributed by atoms with E-state index in [9.17, 15) is 0 Å². The molecule has 0 spiro atoms. The van der Waals surface area contributed by atoms with Crippen LogP contribution in [-0.4, -0.2) is 28.3 Å². The molecule has 0 aromatic heterocycles. The van der Waals surface area contributed by atoms with Crippen molar-refractivity contribution >= 4 is 17.4 Å². The van der Waals surface area contributed by atoms with Crippen molar-refractivity contribution in [1.82, 2.24) is 0 Å². The van der Waals surface area contributed by atoms with E-state index in [1.807, 2.05) is 0 Å². The molecule has 0 saturated heterocycles. The van der Waals surface area contributed by atoms with Gasteiger partial charge in [0.25, 0.3) is 0 Å². The second kappa shape index (κ2) is 51.2. The Kier molecular flexibility index (Phi) is 932. The Hall–Kier alpha value is 1.45. The third-order valence-electron chi connectivity index (χ3n) is 0. The van der Waals surface area contributed by atoms with Crippen LogP contribution in [-0.2, 0) is 33.3 Å². The quantitative estimate of drug-likeness (QED) is 0.370. The Morgan fingerprint density at radius 3 is 0.800 bits per heavy atom. The summed E-state index contributed by atoms with van der Waals surface area (Å²) in [5, 5.41) is 0. The zero-order valence-corrected chi connectivity index (χ0v) is 6.68. The standard InChI is InChI=1S/Al.Co.Ni.2H2O.2H/h;;;2*1H2;;. The summed E-state index contributed by atoms with van der Waals surface area (Å²) in [4.78, 5) is 0. The molecule has 0 aromatic carbocycles. The normalized spacial score (nSPS) is 0. The van der Waals surface area contributed by atoms with Crippen molar-refractivity contribution in [2.24, 2.45) is 0 Å². The minimum Gasteiger partial charge on any atom is -0.412 e. The summed E-state index contributed by atoms with van der Waals surface area (Å²) in [5.41, 5.74) is 0. The van der Waals surface area contributed by atoms with Gasteiger partial charge in [-0.25, -0.2) is 0 Å². The Labute approximate surface area is 61.6 Å². The van der Waals surface area contributed by atoms with Crippen LogP contribution in [0.15, 0.2) is 0 Å². The Morgan fingerprint density at radius 2 is 0.800 bits per heavy atom. The first kappa shape index (κ1) is 90.9. The molecule has 0 bridgehead atoms. The molecular formula is H6AlCoNiO2. The van der Waals surface area contributed by atoms with Gasteiger partial charge < -0.3 is 11.0 Å². The van der Waals surface area contributed by atoms with Gasteiger partial charge in [0.1, 0.15) is 17.4 Å². The summed E-state index contributed by atoms with van der Waals surface area (Å²) < 4.78 is 0. The van der Waals surface area contributed by atoms with Gasteiger partial charge in [0.15, 0.2) is 0 Å². The van der Waals surface area contributed by atoms with E-state index in [0.717, 1.165) is 0 Å². The summed E-state index contributed by atoms with van der Waals surface area (Å²) >= 11 is 0. The van der Waals surface area contributed by atoms with Crippen molar-refractivity contribution in [3.05, 3.63) is 0 Å². The first-order valence-electron chi connectivity index (χ1n) is 0. The Morgan fingerprint density at radius 1 is 0.800 bits per heavy atom. The van der Waals surface area contributed by atoms with E-state index in [4.69, 9.17) is 0 Å². The number of rotatable bonds is 0. The first-order valence-corrected chi connectivity index (χ1v) is 0. The molecule has 5 heavy (non-hydrogen) atoms. The van der Waals surface area contributed by atoms with Crippen LogP contribution in [0.2, 0.25) is 0 Å². The fraction of sp³-hybridized carbons (Fsp3) is 0.